The van der Waals surface area contributed by atoms with Crippen molar-refractivity contribution in [3.63, 3.8) is 0 Å². The molecule has 0 bridgehead atoms. The van der Waals surface area contributed by atoms with Gasteiger partial charge in [-0.3, -0.25) is 4.79 Å². The van der Waals surface area contributed by atoms with E-state index in [1.54, 1.807) is 0 Å². The molecule has 3 heteroatoms. The smallest absolute Gasteiger partial charge is 0.305 e. The predicted octanol–water partition coefficient (Wildman–Crippen LogP) is 4.94. The second-order valence-electron chi connectivity index (χ2n) is 5.74. The van der Waals surface area contributed by atoms with Gasteiger partial charge in [0.15, 0.2) is 0 Å². The van der Waals surface area contributed by atoms with Crippen LogP contribution in [0.2, 0.25) is 0 Å². The summed E-state index contributed by atoms with van der Waals surface area (Å²) < 4.78 is 4.61. The first kappa shape index (κ1) is 20.9. The topological polar surface area (TPSA) is 46.5 Å². The van der Waals surface area contributed by atoms with E-state index >= 15 is 0 Å². The van der Waals surface area contributed by atoms with Crippen molar-refractivity contribution in [3.8, 4) is 0 Å². The minimum atomic E-state index is -0.176. The van der Waals surface area contributed by atoms with Gasteiger partial charge in [0.25, 0.3) is 0 Å². The Bertz CT molecular complexity index is 308. The molecule has 1 N–H and O–H groups in total. The van der Waals surface area contributed by atoms with Gasteiger partial charge in [-0.25, -0.2) is 0 Å². The summed E-state index contributed by atoms with van der Waals surface area (Å²) in [6, 6.07) is 0. The molecule has 0 saturated carbocycles. The average Bonchev–Trinajstić information content (AvgIpc) is 2.51. The van der Waals surface area contributed by atoms with Crippen LogP contribution in [-0.2, 0) is 9.53 Å². The maximum Gasteiger partial charge on any atom is 0.305 e. The molecule has 3 nitrogen and oxygen atoms in total. The van der Waals surface area contributed by atoms with E-state index in [1.807, 2.05) is 0 Å². The molecule has 0 rings (SSSR count). The zero-order valence-corrected chi connectivity index (χ0v) is 14.4. The van der Waals surface area contributed by atoms with Crippen molar-refractivity contribution in [1.82, 2.24) is 0 Å². The standard InChI is InChI=1S/C19H34O3/c1-3-15-18(20)16-13-11-9-7-5-4-6-8-10-12-14-17-19(21)22-2/h5,7,11,13,18,20H,3-4,6,8-10,12,14-17H2,1-2H3/t18-/m0/s1. The molecule has 1 atom stereocenters. The molecule has 0 unspecified atom stereocenters. The molecule has 0 saturated heterocycles. The van der Waals surface area contributed by atoms with Crippen LogP contribution >= 0.6 is 0 Å². The fourth-order valence-corrected chi connectivity index (χ4v) is 2.26. The molecule has 128 valence electrons. The van der Waals surface area contributed by atoms with E-state index in [-0.39, 0.29) is 12.1 Å². The summed E-state index contributed by atoms with van der Waals surface area (Å²) in [7, 11) is 1.44. The normalized spacial score (nSPS) is 13.0. The molecule has 22 heavy (non-hydrogen) atoms. The van der Waals surface area contributed by atoms with Crippen molar-refractivity contribution in [2.24, 2.45) is 0 Å². The van der Waals surface area contributed by atoms with Gasteiger partial charge in [-0.1, -0.05) is 56.9 Å². The number of esters is 1. The number of carbonyl (C=O) groups excluding carboxylic acids is 1. The minimum absolute atomic E-state index is 0.0989. The van der Waals surface area contributed by atoms with Crippen molar-refractivity contribution in [3.05, 3.63) is 24.3 Å². The number of methoxy groups -OCH3 is 1. The highest BCUT2D eigenvalue weighted by Gasteiger charge is 1.99. The highest BCUT2D eigenvalue weighted by molar-refractivity contribution is 5.68. The number of rotatable bonds is 14. The molecule has 0 heterocycles. The molecule has 0 spiro atoms. The fourth-order valence-electron chi connectivity index (χ4n) is 2.26. The lowest BCUT2D eigenvalue weighted by Crippen LogP contribution is -2.02. The van der Waals surface area contributed by atoms with Crippen molar-refractivity contribution in [2.45, 2.75) is 83.7 Å². The predicted molar refractivity (Wildman–Crippen MR) is 92.8 cm³/mol. The van der Waals surface area contributed by atoms with Crippen LogP contribution in [0.15, 0.2) is 24.3 Å². The number of hydrogen-bond donors (Lipinski definition) is 1. The highest BCUT2D eigenvalue weighted by Crippen LogP contribution is 2.08. The van der Waals surface area contributed by atoms with E-state index in [9.17, 15) is 9.90 Å². The zero-order chi connectivity index (χ0) is 16.5. The largest absolute Gasteiger partial charge is 0.469 e. The third-order valence-electron chi connectivity index (χ3n) is 3.61. The summed E-state index contributed by atoms with van der Waals surface area (Å²) in [6.45, 7) is 2.09. The maximum atomic E-state index is 10.9. The first-order valence-electron chi connectivity index (χ1n) is 8.75. The summed E-state index contributed by atoms with van der Waals surface area (Å²) in [5.41, 5.74) is 0. The Balaban J connectivity index is 3.30. The lowest BCUT2D eigenvalue weighted by atomic mass is 10.1. The Morgan fingerprint density at radius 3 is 2.45 bits per heavy atom. The number of unbranched alkanes of at least 4 members (excludes halogenated alkanes) is 5. The highest BCUT2D eigenvalue weighted by atomic mass is 16.5. The summed E-state index contributed by atoms with van der Waals surface area (Å²) in [6.07, 6.45) is 19.5. The van der Waals surface area contributed by atoms with Crippen LogP contribution in [0.25, 0.3) is 0 Å². The van der Waals surface area contributed by atoms with Crippen LogP contribution in [-0.4, -0.2) is 24.3 Å². The number of aliphatic hydroxyl groups is 1. The summed E-state index contributed by atoms with van der Waals surface area (Å²) in [5.74, 6) is -0.0989. The summed E-state index contributed by atoms with van der Waals surface area (Å²) in [4.78, 5) is 10.9. The molecular weight excluding hydrogens is 276 g/mol. The van der Waals surface area contributed by atoms with Gasteiger partial charge in [0, 0.05) is 6.42 Å². The second kappa shape index (κ2) is 16.3. The van der Waals surface area contributed by atoms with E-state index in [1.165, 1.54) is 26.4 Å². The SMILES string of the molecule is CCC[C@H](O)CC=CCC=CCCCCCCCC(=O)OC. The number of ether oxygens (including phenoxy) is 1. The molecule has 0 aliphatic rings. The molecule has 0 aromatic heterocycles. The first-order valence-corrected chi connectivity index (χ1v) is 8.75. The Morgan fingerprint density at radius 1 is 1.05 bits per heavy atom. The van der Waals surface area contributed by atoms with Crippen LogP contribution < -0.4 is 0 Å². The van der Waals surface area contributed by atoms with Crippen molar-refractivity contribution in [1.29, 1.82) is 0 Å². The number of aliphatic hydroxyl groups excluding tert-OH is 1. The van der Waals surface area contributed by atoms with E-state index in [0.717, 1.165) is 44.9 Å². The van der Waals surface area contributed by atoms with Crippen LogP contribution in [0.5, 0.6) is 0 Å². The molecule has 0 aliphatic carbocycles. The number of allylic oxidation sites excluding steroid dienone is 3. The van der Waals surface area contributed by atoms with E-state index in [0.29, 0.717) is 6.42 Å². The van der Waals surface area contributed by atoms with Gasteiger partial charge < -0.3 is 9.84 Å². The van der Waals surface area contributed by atoms with Gasteiger partial charge in [-0.2, -0.15) is 0 Å². The summed E-state index contributed by atoms with van der Waals surface area (Å²) >= 11 is 0. The van der Waals surface area contributed by atoms with E-state index < -0.39 is 0 Å². The molecular formula is C19H34O3. The quantitative estimate of drug-likeness (QED) is 0.281. The molecule has 0 aromatic carbocycles. The number of carbonyl (C=O) groups is 1. The van der Waals surface area contributed by atoms with E-state index in [4.69, 9.17) is 0 Å². The van der Waals surface area contributed by atoms with Crippen LogP contribution in [0.3, 0.4) is 0 Å². The minimum Gasteiger partial charge on any atom is -0.469 e. The van der Waals surface area contributed by atoms with Gasteiger partial charge in [0.1, 0.15) is 0 Å². The lowest BCUT2D eigenvalue weighted by molar-refractivity contribution is -0.140. The van der Waals surface area contributed by atoms with Crippen molar-refractivity contribution in [2.75, 3.05) is 7.11 Å². The third-order valence-corrected chi connectivity index (χ3v) is 3.61. The molecule has 0 amide bonds. The van der Waals surface area contributed by atoms with Gasteiger partial charge in [-0.05, 0) is 38.5 Å². The monoisotopic (exact) mass is 310 g/mol. The van der Waals surface area contributed by atoms with Crippen LogP contribution in [0.1, 0.15) is 77.6 Å². The lowest BCUT2D eigenvalue weighted by Gasteiger charge is -2.03. The van der Waals surface area contributed by atoms with Crippen LogP contribution in [0, 0.1) is 0 Å². The van der Waals surface area contributed by atoms with Crippen molar-refractivity contribution < 1.29 is 14.6 Å². The Kier molecular flexibility index (Phi) is 15.5. The molecule has 0 radical (unpaired) electrons. The third kappa shape index (κ3) is 15.3. The van der Waals surface area contributed by atoms with Crippen LogP contribution in [0.4, 0.5) is 0 Å². The van der Waals surface area contributed by atoms with E-state index in [2.05, 4.69) is 36.0 Å². The Hall–Kier alpha value is -1.09. The second-order valence-corrected chi connectivity index (χ2v) is 5.74. The Morgan fingerprint density at radius 2 is 1.73 bits per heavy atom. The maximum absolute atomic E-state index is 10.9. The molecule has 0 aromatic rings. The Labute approximate surface area is 136 Å². The average molecular weight is 310 g/mol. The summed E-state index contributed by atoms with van der Waals surface area (Å²) in [5, 5.41) is 9.56. The molecule has 0 fully saturated rings. The zero-order valence-electron chi connectivity index (χ0n) is 14.4. The molecule has 0 aliphatic heterocycles. The number of hydrogen-bond acceptors (Lipinski definition) is 3. The van der Waals surface area contributed by atoms with Gasteiger partial charge in [0.05, 0.1) is 13.2 Å². The van der Waals surface area contributed by atoms with Crippen molar-refractivity contribution >= 4 is 5.97 Å². The first-order chi connectivity index (χ1) is 10.7. The van der Waals surface area contributed by atoms with Gasteiger partial charge >= 0.3 is 5.97 Å². The van der Waals surface area contributed by atoms with Gasteiger partial charge in [0.2, 0.25) is 0 Å². The van der Waals surface area contributed by atoms with Gasteiger partial charge in [-0.15, -0.1) is 0 Å². The fraction of sp³-hybridized carbons (Fsp3) is 0.737.